The minimum Gasteiger partial charge on any atom is -0.406 e. The molecule has 5 nitrogen and oxygen atoms in total. The molecule has 0 saturated heterocycles. The lowest BCUT2D eigenvalue weighted by Crippen LogP contribution is -2.30. The second-order valence-electron chi connectivity index (χ2n) is 5.03. The smallest absolute Gasteiger partial charge is 0.406 e. The lowest BCUT2D eigenvalue weighted by atomic mass is 10.2. The molecular weight excluding hydrogens is 387 g/mol. The third-order valence-corrected chi connectivity index (χ3v) is 4.97. The molecule has 1 heterocycles. The molecule has 0 aliphatic heterocycles. The SMILES string of the molecule is O=C(NCc1ccccc1)NSc1nc2ccc(OC(F)(F)F)cc2s1. The molecule has 0 radical (unpaired) electrons. The summed E-state index contributed by atoms with van der Waals surface area (Å²) < 4.78 is 44.3. The van der Waals surface area contributed by atoms with E-state index in [2.05, 4.69) is 19.8 Å². The van der Waals surface area contributed by atoms with Crippen LogP contribution in [0.3, 0.4) is 0 Å². The molecule has 2 aromatic carbocycles. The maximum Gasteiger partial charge on any atom is 0.573 e. The van der Waals surface area contributed by atoms with Crippen LogP contribution in [0, 0.1) is 0 Å². The van der Waals surface area contributed by atoms with Crippen molar-refractivity contribution in [3.63, 3.8) is 0 Å². The highest BCUT2D eigenvalue weighted by Gasteiger charge is 2.31. The summed E-state index contributed by atoms with van der Waals surface area (Å²) in [7, 11) is 0. The summed E-state index contributed by atoms with van der Waals surface area (Å²) in [6.45, 7) is 0.380. The number of nitrogens with zero attached hydrogens (tertiary/aromatic N) is 1. The van der Waals surface area contributed by atoms with Crippen molar-refractivity contribution in [3.05, 3.63) is 54.1 Å². The van der Waals surface area contributed by atoms with E-state index in [-0.39, 0.29) is 11.8 Å². The van der Waals surface area contributed by atoms with Gasteiger partial charge in [-0.2, -0.15) is 0 Å². The Morgan fingerprint density at radius 3 is 2.69 bits per heavy atom. The third-order valence-electron chi connectivity index (χ3n) is 3.10. The van der Waals surface area contributed by atoms with Crippen molar-refractivity contribution < 1.29 is 22.7 Å². The molecule has 0 aliphatic carbocycles. The lowest BCUT2D eigenvalue weighted by Gasteiger charge is -2.07. The molecule has 136 valence electrons. The maximum atomic E-state index is 12.3. The number of rotatable bonds is 5. The molecule has 0 fully saturated rings. The van der Waals surface area contributed by atoms with E-state index < -0.39 is 6.36 Å². The molecule has 0 saturated carbocycles. The zero-order valence-electron chi connectivity index (χ0n) is 13.0. The summed E-state index contributed by atoms with van der Waals surface area (Å²) in [4.78, 5) is 16.0. The molecule has 0 aliphatic rings. The second kappa shape index (κ2) is 7.83. The molecule has 0 bridgehead atoms. The van der Waals surface area contributed by atoms with Gasteiger partial charge in [-0.05, 0) is 23.8 Å². The number of carbonyl (C=O) groups excluding carboxylic acids is 1. The molecule has 26 heavy (non-hydrogen) atoms. The van der Waals surface area contributed by atoms with Crippen molar-refractivity contribution in [3.8, 4) is 5.75 Å². The number of nitrogens with one attached hydrogen (secondary N) is 2. The van der Waals surface area contributed by atoms with Crippen LogP contribution in [0.15, 0.2) is 52.9 Å². The normalized spacial score (nSPS) is 11.3. The number of urea groups is 1. The average Bonchev–Trinajstić information content (AvgIpc) is 3.00. The predicted molar refractivity (Wildman–Crippen MR) is 94.0 cm³/mol. The zero-order chi connectivity index (χ0) is 18.6. The molecule has 2 N–H and O–H groups in total. The molecule has 2 amide bonds. The molecule has 1 aromatic heterocycles. The van der Waals surface area contributed by atoms with E-state index in [4.69, 9.17) is 0 Å². The van der Waals surface area contributed by atoms with Gasteiger partial charge in [0.05, 0.1) is 10.2 Å². The Morgan fingerprint density at radius 2 is 1.96 bits per heavy atom. The molecule has 10 heteroatoms. The van der Waals surface area contributed by atoms with Crippen molar-refractivity contribution in [2.45, 2.75) is 17.2 Å². The highest BCUT2D eigenvalue weighted by Crippen LogP contribution is 2.32. The number of carbonyl (C=O) groups is 1. The summed E-state index contributed by atoms with van der Waals surface area (Å²) in [5.74, 6) is -0.307. The van der Waals surface area contributed by atoms with E-state index >= 15 is 0 Å². The molecule has 0 atom stereocenters. The summed E-state index contributed by atoms with van der Waals surface area (Å²) in [6, 6.07) is 12.9. The van der Waals surface area contributed by atoms with Gasteiger partial charge in [-0.1, -0.05) is 30.3 Å². The number of benzene rings is 2. The quantitative estimate of drug-likeness (QED) is 0.611. The van der Waals surface area contributed by atoms with Crippen LogP contribution in [0.5, 0.6) is 5.75 Å². The first kappa shape index (κ1) is 18.3. The molecule has 0 spiro atoms. The highest BCUT2D eigenvalue weighted by molar-refractivity contribution is 7.99. The Kier molecular flexibility index (Phi) is 5.52. The monoisotopic (exact) mass is 399 g/mol. The number of fused-ring (bicyclic) bond motifs is 1. The van der Waals surface area contributed by atoms with E-state index in [1.165, 1.54) is 18.2 Å². The molecular formula is C16H12F3N3O2S2. The standard InChI is InChI=1S/C16H12F3N3O2S2/c17-16(18,19)24-11-6-7-12-13(8-11)25-15(21-12)26-22-14(23)20-9-10-4-2-1-3-5-10/h1-8H,9H2,(H2,20,22,23). The van der Waals surface area contributed by atoms with Gasteiger partial charge < -0.3 is 10.1 Å². The van der Waals surface area contributed by atoms with Crippen molar-refractivity contribution >= 4 is 39.5 Å². The number of hydrogen-bond acceptors (Lipinski definition) is 5. The van der Waals surface area contributed by atoms with Crippen molar-refractivity contribution in [2.75, 3.05) is 0 Å². The van der Waals surface area contributed by atoms with Gasteiger partial charge in [0.1, 0.15) is 5.75 Å². The summed E-state index contributed by atoms with van der Waals surface area (Å²) in [5.41, 5.74) is 1.49. The minimum atomic E-state index is -4.74. The van der Waals surface area contributed by atoms with E-state index in [0.717, 1.165) is 28.8 Å². The largest absolute Gasteiger partial charge is 0.573 e. The van der Waals surface area contributed by atoms with Crippen LogP contribution < -0.4 is 14.8 Å². The Morgan fingerprint density at radius 1 is 1.19 bits per heavy atom. The van der Waals surface area contributed by atoms with Crippen LogP contribution >= 0.6 is 23.3 Å². The van der Waals surface area contributed by atoms with Crippen LogP contribution in [-0.4, -0.2) is 17.4 Å². The van der Waals surface area contributed by atoms with E-state index in [1.54, 1.807) is 0 Å². The summed E-state index contributed by atoms with van der Waals surface area (Å²) >= 11 is 2.15. The van der Waals surface area contributed by atoms with Gasteiger partial charge >= 0.3 is 12.4 Å². The van der Waals surface area contributed by atoms with Gasteiger partial charge in [0.15, 0.2) is 4.34 Å². The minimum absolute atomic E-state index is 0.307. The number of alkyl halides is 3. The number of amides is 2. The Hall–Kier alpha value is -2.46. The van der Waals surface area contributed by atoms with Crippen LogP contribution in [0.1, 0.15) is 5.56 Å². The van der Waals surface area contributed by atoms with Crippen molar-refractivity contribution in [1.29, 1.82) is 0 Å². The van der Waals surface area contributed by atoms with E-state index in [9.17, 15) is 18.0 Å². The fraction of sp³-hybridized carbons (Fsp3) is 0.125. The van der Waals surface area contributed by atoms with Crippen molar-refractivity contribution in [1.82, 2.24) is 15.0 Å². The zero-order valence-corrected chi connectivity index (χ0v) is 14.7. The number of ether oxygens (including phenoxy) is 1. The number of thiazole rings is 1. The predicted octanol–water partition coefficient (Wildman–Crippen LogP) is 4.70. The number of aromatic nitrogens is 1. The second-order valence-corrected chi connectivity index (χ2v) is 7.11. The van der Waals surface area contributed by atoms with Crippen LogP contribution in [0.4, 0.5) is 18.0 Å². The van der Waals surface area contributed by atoms with Gasteiger partial charge in [0, 0.05) is 18.5 Å². The van der Waals surface area contributed by atoms with Crippen LogP contribution in [-0.2, 0) is 6.54 Å². The first-order valence-electron chi connectivity index (χ1n) is 7.30. The van der Waals surface area contributed by atoms with E-state index in [0.29, 0.717) is 21.1 Å². The van der Waals surface area contributed by atoms with Crippen LogP contribution in [0.2, 0.25) is 0 Å². The fourth-order valence-corrected chi connectivity index (χ4v) is 3.71. The Bertz CT molecular complexity index is 901. The average molecular weight is 399 g/mol. The first-order valence-corrected chi connectivity index (χ1v) is 8.93. The van der Waals surface area contributed by atoms with Crippen molar-refractivity contribution in [2.24, 2.45) is 0 Å². The van der Waals surface area contributed by atoms with Gasteiger partial charge in [-0.15, -0.1) is 24.5 Å². The summed E-state index contributed by atoms with van der Waals surface area (Å²) in [6.07, 6.45) is -4.74. The first-order chi connectivity index (χ1) is 12.4. The Balaban J connectivity index is 1.56. The van der Waals surface area contributed by atoms with Gasteiger partial charge in [0.25, 0.3) is 0 Å². The number of halogens is 3. The number of hydrogen-bond donors (Lipinski definition) is 2. The molecule has 3 aromatic rings. The third kappa shape index (κ3) is 5.27. The van der Waals surface area contributed by atoms with Crippen LogP contribution in [0.25, 0.3) is 10.2 Å². The molecule has 0 unspecified atom stereocenters. The fourth-order valence-electron chi connectivity index (χ4n) is 2.03. The summed E-state index contributed by atoms with van der Waals surface area (Å²) in [5, 5.41) is 2.70. The van der Waals surface area contributed by atoms with E-state index in [1.807, 2.05) is 30.3 Å². The van der Waals surface area contributed by atoms with Gasteiger partial charge in [-0.3, -0.25) is 4.72 Å². The maximum absolute atomic E-state index is 12.3. The highest BCUT2D eigenvalue weighted by atomic mass is 32.2. The van der Waals surface area contributed by atoms with Gasteiger partial charge in [0.2, 0.25) is 0 Å². The topological polar surface area (TPSA) is 63.2 Å². The molecule has 3 rings (SSSR count). The van der Waals surface area contributed by atoms with Gasteiger partial charge in [-0.25, -0.2) is 9.78 Å². The Labute approximate surface area is 154 Å². The lowest BCUT2D eigenvalue weighted by molar-refractivity contribution is -0.274.